The summed E-state index contributed by atoms with van der Waals surface area (Å²) in [5.74, 6) is 0.224. The Morgan fingerprint density at radius 3 is 2.69 bits per heavy atom. The fourth-order valence-corrected chi connectivity index (χ4v) is 1.27. The molecule has 0 saturated heterocycles. The summed E-state index contributed by atoms with van der Waals surface area (Å²) in [5, 5.41) is 2.89. The van der Waals surface area contributed by atoms with Crippen LogP contribution in [-0.4, -0.2) is 23.0 Å². The van der Waals surface area contributed by atoms with E-state index in [0.717, 1.165) is 0 Å². The number of amides is 1. The summed E-state index contributed by atoms with van der Waals surface area (Å²) < 4.78 is 5.03. The zero-order valence-electron chi connectivity index (χ0n) is 10.2. The van der Waals surface area contributed by atoms with Crippen molar-refractivity contribution in [3.05, 3.63) is 17.8 Å². The van der Waals surface area contributed by atoms with Crippen LogP contribution in [0.5, 0.6) is 0 Å². The first-order valence-corrected chi connectivity index (χ1v) is 5.33. The van der Waals surface area contributed by atoms with Crippen molar-refractivity contribution in [3.63, 3.8) is 0 Å². The van der Waals surface area contributed by atoms with E-state index in [2.05, 4.69) is 10.3 Å². The molecule has 90 valence electrons. The number of aromatic nitrogens is 1. The second kappa shape index (κ2) is 4.65. The van der Waals surface area contributed by atoms with Crippen molar-refractivity contribution in [2.45, 2.75) is 33.2 Å². The first-order valence-electron chi connectivity index (χ1n) is 5.33. The Kier molecular flexibility index (Phi) is 3.70. The number of hydrogen-bond donors (Lipinski definition) is 2. The summed E-state index contributed by atoms with van der Waals surface area (Å²) in [6, 6.07) is 0. The van der Waals surface area contributed by atoms with Crippen molar-refractivity contribution < 1.29 is 9.21 Å². The lowest BCUT2D eigenvalue weighted by Gasteiger charge is -2.33. The van der Waals surface area contributed by atoms with Crippen LogP contribution in [0, 0.1) is 12.8 Å². The Bertz CT molecular complexity index is 373. The third-order valence-electron chi connectivity index (χ3n) is 3.05. The highest BCUT2D eigenvalue weighted by molar-refractivity contribution is 5.92. The van der Waals surface area contributed by atoms with Crippen molar-refractivity contribution in [1.82, 2.24) is 10.3 Å². The Morgan fingerprint density at radius 2 is 2.31 bits per heavy atom. The van der Waals surface area contributed by atoms with E-state index in [1.165, 1.54) is 6.39 Å². The number of aryl methyl sites for hydroxylation is 1. The van der Waals surface area contributed by atoms with Gasteiger partial charge in [0.1, 0.15) is 0 Å². The standard InChI is InChI=1S/C11H19N3O2/c1-7(2)11(4,5-12)14-10(15)9-8(3)13-6-16-9/h6-7H,5,12H2,1-4H3,(H,14,15). The maximum absolute atomic E-state index is 11.9. The van der Waals surface area contributed by atoms with Gasteiger partial charge in [-0.15, -0.1) is 0 Å². The number of hydrogen-bond acceptors (Lipinski definition) is 4. The van der Waals surface area contributed by atoms with Gasteiger partial charge in [0.05, 0.1) is 11.2 Å². The molecule has 5 heteroatoms. The number of oxazole rings is 1. The summed E-state index contributed by atoms with van der Waals surface area (Å²) in [5.41, 5.74) is 5.84. The van der Waals surface area contributed by atoms with Gasteiger partial charge >= 0.3 is 0 Å². The van der Waals surface area contributed by atoms with Gasteiger partial charge in [-0.3, -0.25) is 4.79 Å². The number of carbonyl (C=O) groups excluding carboxylic acids is 1. The van der Waals surface area contributed by atoms with Crippen molar-refractivity contribution >= 4 is 5.91 Å². The number of nitrogens with one attached hydrogen (secondary N) is 1. The monoisotopic (exact) mass is 225 g/mol. The molecule has 3 N–H and O–H groups in total. The minimum atomic E-state index is -0.434. The molecule has 16 heavy (non-hydrogen) atoms. The zero-order valence-corrected chi connectivity index (χ0v) is 10.2. The molecular formula is C11H19N3O2. The van der Waals surface area contributed by atoms with Crippen LogP contribution in [0.15, 0.2) is 10.8 Å². The predicted molar refractivity (Wildman–Crippen MR) is 61.0 cm³/mol. The topological polar surface area (TPSA) is 81.2 Å². The summed E-state index contributed by atoms with van der Waals surface area (Å²) >= 11 is 0. The van der Waals surface area contributed by atoms with E-state index < -0.39 is 5.54 Å². The summed E-state index contributed by atoms with van der Waals surface area (Å²) in [6.07, 6.45) is 1.26. The molecule has 1 unspecified atom stereocenters. The minimum absolute atomic E-state index is 0.240. The normalized spacial score (nSPS) is 14.9. The molecule has 0 radical (unpaired) electrons. The quantitative estimate of drug-likeness (QED) is 0.803. The molecule has 0 aliphatic carbocycles. The van der Waals surface area contributed by atoms with E-state index >= 15 is 0 Å². The molecule has 1 amide bonds. The van der Waals surface area contributed by atoms with Crippen LogP contribution in [0.1, 0.15) is 37.0 Å². The van der Waals surface area contributed by atoms with E-state index in [1.54, 1.807) is 6.92 Å². The summed E-state index contributed by atoms with van der Waals surface area (Å²) in [4.78, 5) is 15.8. The zero-order chi connectivity index (χ0) is 12.3. The first-order chi connectivity index (χ1) is 7.40. The fourth-order valence-electron chi connectivity index (χ4n) is 1.27. The highest BCUT2D eigenvalue weighted by atomic mass is 16.3. The Morgan fingerprint density at radius 1 is 1.69 bits per heavy atom. The van der Waals surface area contributed by atoms with Gasteiger partial charge in [0.15, 0.2) is 6.39 Å². The second-order valence-corrected chi connectivity index (χ2v) is 4.50. The maximum atomic E-state index is 11.9. The second-order valence-electron chi connectivity index (χ2n) is 4.50. The lowest BCUT2D eigenvalue weighted by Crippen LogP contribution is -2.55. The van der Waals surface area contributed by atoms with Gasteiger partial charge in [-0.05, 0) is 19.8 Å². The molecule has 1 atom stereocenters. The van der Waals surface area contributed by atoms with E-state index in [4.69, 9.17) is 10.2 Å². The fraction of sp³-hybridized carbons (Fsp3) is 0.636. The lowest BCUT2D eigenvalue weighted by atomic mass is 9.88. The van der Waals surface area contributed by atoms with Gasteiger partial charge < -0.3 is 15.5 Å². The van der Waals surface area contributed by atoms with E-state index in [1.807, 2.05) is 20.8 Å². The highest BCUT2D eigenvalue weighted by Crippen LogP contribution is 2.16. The van der Waals surface area contributed by atoms with Crippen molar-refractivity contribution in [2.24, 2.45) is 11.7 Å². The molecule has 5 nitrogen and oxygen atoms in total. The molecule has 0 spiro atoms. The first kappa shape index (κ1) is 12.7. The van der Waals surface area contributed by atoms with Crippen molar-refractivity contribution in [3.8, 4) is 0 Å². The molecule has 0 saturated carbocycles. The van der Waals surface area contributed by atoms with Gasteiger partial charge in [0.25, 0.3) is 5.91 Å². The average Bonchev–Trinajstić information content (AvgIpc) is 2.64. The van der Waals surface area contributed by atoms with Crippen LogP contribution < -0.4 is 11.1 Å². The number of nitrogens with two attached hydrogens (primary N) is 1. The van der Waals surface area contributed by atoms with Gasteiger partial charge in [-0.25, -0.2) is 4.98 Å². The van der Waals surface area contributed by atoms with Crippen LogP contribution in [0.4, 0.5) is 0 Å². The lowest BCUT2D eigenvalue weighted by molar-refractivity contribution is 0.0853. The highest BCUT2D eigenvalue weighted by Gasteiger charge is 2.30. The molecule has 0 fully saturated rings. The smallest absolute Gasteiger partial charge is 0.289 e. The van der Waals surface area contributed by atoms with Crippen LogP contribution in [0.3, 0.4) is 0 Å². The third-order valence-corrected chi connectivity index (χ3v) is 3.05. The van der Waals surface area contributed by atoms with Gasteiger partial charge in [0.2, 0.25) is 5.76 Å². The molecule has 0 aromatic carbocycles. The Balaban J connectivity index is 2.82. The molecule has 0 aliphatic rings. The van der Waals surface area contributed by atoms with Gasteiger partial charge in [0, 0.05) is 6.54 Å². The molecule has 0 aliphatic heterocycles. The van der Waals surface area contributed by atoms with Crippen LogP contribution in [0.2, 0.25) is 0 Å². The van der Waals surface area contributed by atoms with E-state index in [-0.39, 0.29) is 17.6 Å². The van der Waals surface area contributed by atoms with Crippen molar-refractivity contribution in [2.75, 3.05) is 6.54 Å². The summed E-state index contributed by atoms with van der Waals surface area (Å²) in [7, 11) is 0. The summed E-state index contributed by atoms with van der Waals surface area (Å²) in [6.45, 7) is 8.05. The van der Waals surface area contributed by atoms with Crippen LogP contribution >= 0.6 is 0 Å². The largest absolute Gasteiger partial charge is 0.438 e. The van der Waals surface area contributed by atoms with E-state index in [9.17, 15) is 4.79 Å². The molecule has 1 aromatic heterocycles. The van der Waals surface area contributed by atoms with Gasteiger partial charge in [-0.1, -0.05) is 13.8 Å². The Hall–Kier alpha value is -1.36. The predicted octanol–water partition coefficient (Wildman–Crippen LogP) is 1.09. The molecule has 1 aromatic rings. The molecule has 0 bridgehead atoms. The Labute approximate surface area is 95.4 Å². The average molecular weight is 225 g/mol. The number of carbonyl (C=O) groups is 1. The maximum Gasteiger partial charge on any atom is 0.289 e. The molecule has 1 heterocycles. The van der Waals surface area contributed by atoms with Gasteiger partial charge in [-0.2, -0.15) is 0 Å². The van der Waals surface area contributed by atoms with E-state index in [0.29, 0.717) is 12.2 Å². The SMILES string of the molecule is Cc1ncoc1C(=O)NC(C)(CN)C(C)C. The molecular weight excluding hydrogens is 206 g/mol. The number of rotatable bonds is 4. The van der Waals surface area contributed by atoms with Crippen LogP contribution in [-0.2, 0) is 0 Å². The minimum Gasteiger partial charge on any atom is -0.438 e. The van der Waals surface area contributed by atoms with Crippen LogP contribution in [0.25, 0.3) is 0 Å². The number of nitrogens with zero attached hydrogens (tertiary/aromatic N) is 1. The molecule has 1 rings (SSSR count). The third kappa shape index (κ3) is 2.41. The van der Waals surface area contributed by atoms with Crippen molar-refractivity contribution in [1.29, 1.82) is 0 Å².